The molecule has 0 saturated heterocycles. The third kappa shape index (κ3) is 2.16. The van der Waals surface area contributed by atoms with Crippen LogP contribution in [0.2, 0.25) is 0 Å². The van der Waals surface area contributed by atoms with Crippen LogP contribution in [0.15, 0.2) is 23.8 Å². The number of carboxylic acids is 1. The van der Waals surface area contributed by atoms with Gasteiger partial charge in [0.15, 0.2) is 5.78 Å². The average molecular weight is 358 g/mol. The Kier molecular flexibility index (Phi) is 3.65. The Morgan fingerprint density at radius 1 is 1.27 bits per heavy atom. The van der Waals surface area contributed by atoms with Gasteiger partial charge in [-0.2, -0.15) is 0 Å². The highest BCUT2D eigenvalue weighted by Crippen LogP contribution is 2.66. The number of carboxylic acid groups (broad SMARTS) is 1. The van der Waals surface area contributed by atoms with Crippen LogP contribution in [0.25, 0.3) is 0 Å². The molecular formula is C21H26O5. The number of rotatable bonds is 2. The maximum absolute atomic E-state index is 13.3. The molecule has 6 atom stereocenters. The van der Waals surface area contributed by atoms with E-state index in [1.807, 2.05) is 13.0 Å². The van der Waals surface area contributed by atoms with Gasteiger partial charge in [-0.1, -0.05) is 25.5 Å². The van der Waals surface area contributed by atoms with Crippen LogP contribution in [-0.4, -0.2) is 33.3 Å². The van der Waals surface area contributed by atoms with Gasteiger partial charge in [0.1, 0.15) is 5.78 Å². The highest BCUT2D eigenvalue weighted by atomic mass is 16.4. The Morgan fingerprint density at radius 2 is 2.00 bits per heavy atom. The summed E-state index contributed by atoms with van der Waals surface area (Å²) in [6, 6.07) is 0. The number of hydrogen-bond donors (Lipinski definition) is 2. The Morgan fingerprint density at radius 3 is 2.69 bits per heavy atom. The minimum atomic E-state index is -1.32. The molecule has 4 rings (SSSR count). The SMILES string of the molecule is C[C@]12C=CC(=O)C=C1CC[C@@H]1[C@@H]2C(=O)C[C@@]2(C)[C@H]1CC[C@]2(O)CC(=O)O. The zero-order valence-electron chi connectivity index (χ0n) is 15.3. The number of carbonyl (C=O) groups is 3. The molecule has 0 bridgehead atoms. The first-order valence-corrected chi connectivity index (χ1v) is 9.52. The van der Waals surface area contributed by atoms with Crippen molar-refractivity contribution in [2.24, 2.45) is 28.6 Å². The van der Waals surface area contributed by atoms with Crippen LogP contribution in [0.5, 0.6) is 0 Å². The lowest BCUT2D eigenvalue weighted by Gasteiger charge is -2.57. The van der Waals surface area contributed by atoms with Gasteiger partial charge in [-0.15, -0.1) is 0 Å². The van der Waals surface area contributed by atoms with Crippen LogP contribution in [0.4, 0.5) is 0 Å². The van der Waals surface area contributed by atoms with Gasteiger partial charge in [0.2, 0.25) is 0 Å². The highest BCUT2D eigenvalue weighted by molar-refractivity contribution is 6.01. The lowest BCUT2D eigenvalue weighted by atomic mass is 9.46. The summed E-state index contributed by atoms with van der Waals surface area (Å²) in [6.45, 7) is 3.97. The van der Waals surface area contributed by atoms with Crippen molar-refractivity contribution in [2.75, 3.05) is 0 Å². The Hall–Kier alpha value is -1.75. The molecule has 5 nitrogen and oxygen atoms in total. The molecule has 2 N–H and O–H groups in total. The zero-order valence-corrected chi connectivity index (χ0v) is 15.3. The van der Waals surface area contributed by atoms with Crippen LogP contribution in [0.3, 0.4) is 0 Å². The largest absolute Gasteiger partial charge is 0.481 e. The van der Waals surface area contributed by atoms with Crippen molar-refractivity contribution in [2.45, 2.75) is 58.0 Å². The van der Waals surface area contributed by atoms with E-state index in [4.69, 9.17) is 0 Å². The Labute approximate surface area is 153 Å². The van der Waals surface area contributed by atoms with Crippen molar-refractivity contribution < 1.29 is 24.6 Å². The normalized spacial score (nSPS) is 47.0. The van der Waals surface area contributed by atoms with Gasteiger partial charge < -0.3 is 10.2 Å². The molecule has 0 aromatic rings. The molecule has 4 aliphatic carbocycles. The van der Waals surface area contributed by atoms with Crippen LogP contribution in [-0.2, 0) is 14.4 Å². The van der Waals surface area contributed by atoms with Gasteiger partial charge in [0.25, 0.3) is 0 Å². The van der Waals surface area contributed by atoms with Crippen molar-refractivity contribution in [3.63, 3.8) is 0 Å². The van der Waals surface area contributed by atoms with Gasteiger partial charge in [-0.05, 0) is 49.7 Å². The summed E-state index contributed by atoms with van der Waals surface area (Å²) in [5, 5.41) is 20.4. The van der Waals surface area contributed by atoms with Crippen LogP contribution >= 0.6 is 0 Å². The molecule has 0 aromatic heterocycles. The molecule has 5 heteroatoms. The molecule has 140 valence electrons. The van der Waals surface area contributed by atoms with Gasteiger partial charge in [0, 0.05) is 23.2 Å². The molecular weight excluding hydrogens is 332 g/mol. The predicted molar refractivity (Wildman–Crippen MR) is 94.2 cm³/mol. The van der Waals surface area contributed by atoms with Crippen molar-refractivity contribution in [1.82, 2.24) is 0 Å². The van der Waals surface area contributed by atoms with Crippen LogP contribution < -0.4 is 0 Å². The maximum Gasteiger partial charge on any atom is 0.306 e. The second-order valence-electron chi connectivity index (χ2n) is 9.18. The first-order chi connectivity index (χ1) is 12.1. The monoisotopic (exact) mass is 358 g/mol. The first kappa shape index (κ1) is 17.7. The molecule has 3 fully saturated rings. The lowest BCUT2D eigenvalue weighted by molar-refractivity contribution is -0.166. The van der Waals surface area contributed by atoms with E-state index < -0.39 is 22.4 Å². The molecule has 0 aliphatic heterocycles. The maximum atomic E-state index is 13.3. The van der Waals surface area contributed by atoms with Crippen LogP contribution in [0, 0.1) is 28.6 Å². The molecule has 0 radical (unpaired) electrons. The predicted octanol–water partition coefficient (Wildman–Crippen LogP) is 2.68. The van der Waals surface area contributed by atoms with Gasteiger partial charge >= 0.3 is 5.97 Å². The molecule has 0 heterocycles. The number of allylic oxidation sites excluding steroid dienone is 4. The Bertz CT molecular complexity index is 764. The second kappa shape index (κ2) is 5.38. The van der Waals surface area contributed by atoms with E-state index in [-0.39, 0.29) is 42.2 Å². The molecule has 0 spiro atoms. The summed E-state index contributed by atoms with van der Waals surface area (Å²) in [5.74, 6) is -0.842. The third-order valence-electron chi connectivity index (χ3n) is 8.02. The molecule has 0 unspecified atom stereocenters. The number of ketones is 2. The number of fused-ring (bicyclic) bond motifs is 5. The van der Waals surface area contributed by atoms with E-state index in [1.54, 1.807) is 12.2 Å². The topological polar surface area (TPSA) is 91.7 Å². The first-order valence-electron chi connectivity index (χ1n) is 9.52. The number of Topliss-reactive ketones (excluding diaryl/α,β-unsaturated/α-hetero) is 1. The number of aliphatic carboxylic acids is 1. The second-order valence-corrected chi connectivity index (χ2v) is 9.18. The lowest BCUT2D eigenvalue weighted by Crippen LogP contribution is -2.58. The van der Waals surface area contributed by atoms with Crippen LogP contribution in [0.1, 0.15) is 52.4 Å². The number of carbonyl (C=O) groups excluding carboxylic acids is 2. The standard InChI is InChI=1S/C21H26O5/c1-19-7-5-13(22)9-12(19)3-4-14-15-6-8-21(26,11-17(24)25)20(15,2)10-16(23)18(14)19/h5,7,9,14-15,18,26H,3-4,6,8,10-11H2,1-2H3,(H,24,25)/t14-,15-,18+,19-,20-,21-/m0/s1. The molecule has 4 aliphatic rings. The van der Waals surface area contributed by atoms with E-state index in [0.29, 0.717) is 6.42 Å². The highest BCUT2D eigenvalue weighted by Gasteiger charge is 2.66. The van der Waals surface area contributed by atoms with E-state index >= 15 is 0 Å². The number of hydrogen-bond acceptors (Lipinski definition) is 4. The quantitative estimate of drug-likeness (QED) is 0.792. The van der Waals surface area contributed by atoms with E-state index in [0.717, 1.165) is 24.8 Å². The zero-order chi connectivity index (χ0) is 18.9. The number of aliphatic hydroxyl groups is 1. The summed E-state index contributed by atoms with van der Waals surface area (Å²) >= 11 is 0. The van der Waals surface area contributed by atoms with Crippen molar-refractivity contribution in [3.05, 3.63) is 23.8 Å². The molecule has 26 heavy (non-hydrogen) atoms. The van der Waals surface area contributed by atoms with Gasteiger partial charge in [0.05, 0.1) is 12.0 Å². The summed E-state index contributed by atoms with van der Waals surface area (Å²) in [7, 11) is 0. The van der Waals surface area contributed by atoms with E-state index in [9.17, 15) is 24.6 Å². The third-order valence-corrected chi connectivity index (χ3v) is 8.02. The van der Waals surface area contributed by atoms with Crippen molar-refractivity contribution in [3.8, 4) is 0 Å². The molecule has 3 saturated carbocycles. The summed E-state index contributed by atoms with van der Waals surface area (Å²) < 4.78 is 0. The fraction of sp³-hybridized carbons (Fsp3) is 0.667. The van der Waals surface area contributed by atoms with E-state index in [1.165, 1.54) is 0 Å². The summed E-state index contributed by atoms with van der Waals surface area (Å²) in [5.41, 5.74) is -1.39. The van der Waals surface area contributed by atoms with E-state index in [2.05, 4.69) is 6.92 Å². The van der Waals surface area contributed by atoms with Crippen molar-refractivity contribution >= 4 is 17.5 Å². The minimum Gasteiger partial charge on any atom is -0.481 e. The minimum absolute atomic E-state index is 0.0132. The Balaban J connectivity index is 1.74. The summed E-state index contributed by atoms with van der Waals surface area (Å²) in [6.07, 6.45) is 7.87. The molecule has 0 aromatic carbocycles. The molecule has 0 amide bonds. The van der Waals surface area contributed by atoms with Crippen molar-refractivity contribution in [1.29, 1.82) is 0 Å². The average Bonchev–Trinajstić information content (AvgIpc) is 2.78. The fourth-order valence-corrected chi connectivity index (χ4v) is 6.66. The van der Waals surface area contributed by atoms with Gasteiger partial charge in [-0.25, -0.2) is 0 Å². The smallest absolute Gasteiger partial charge is 0.306 e. The van der Waals surface area contributed by atoms with Gasteiger partial charge in [-0.3, -0.25) is 14.4 Å². The summed E-state index contributed by atoms with van der Waals surface area (Å²) in [4.78, 5) is 36.4. The fourth-order valence-electron chi connectivity index (χ4n) is 6.66.